The Morgan fingerprint density at radius 1 is 0.690 bits per heavy atom. The van der Waals surface area contributed by atoms with Crippen LogP contribution >= 0.6 is 15.9 Å². The summed E-state index contributed by atoms with van der Waals surface area (Å²) in [5, 5.41) is 0.931. The fourth-order valence-electron chi connectivity index (χ4n) is 3.11. The minimum absolute atomic E-state index is 0.114. The van der Waals surface area contributed by atoms with Crippen LogP contribution in [-0.4, -0.2) is 37.4 Å². The zero-order valence-corrected chi connectivity index (χ0v) is 20.8. The Hall–Kier alpha value is -0.130. The first-order valence-electron chi connectivity index (χ1n) is 12.2. The summed E-state index contributed by atoms with van der Waals surface area (Å²) in [6.45, 7) is 6.32. The number of esters is 1. The third-order valence-electron chi connectivity index (χ3n) is 4.98. The number of unbranched alkanes of at least 4 members (excludes halogenated alkanes) is 11. The number of rotatable bonds is 23. The minimum Gasteiger partial charge on any atom is -0.465 e. The summed E-state index contributed by atoms with van der Waals surface area (Å²) in [7, 11) is 0. The van der Waals surface area contributed by atoms with Crippen LogP contribution in [0.25, 0.3) is 0 Å². The molecule has 0 saturated heterocycles. The Bertz CT molecular complexity index is 321. The molecule has 0 atom stereocenters. The summed E-state index contributed by atoms with van der Waals surface area (Å²) in [5.74, 6) is -0.114. The molecular weight excluding hydrogens is 432 g/mol. The maximum atomic E-state index is 11.8. The first kappa shape index (κ1) is 28.9. The SMILES string of the molecule is CCCCCCCCOC(CCOC(=O)CCCCBr)OCCCCCCCC. The highest BCUT2D eigenvalue weighted by atomic mass is 79.9. The van der Waals surface area contributed by atoms with Gasteiger partial charge in [-0.2, -0.15) is 0 Å². The molecule has 5 heteroatoms. The summed E-state index contributed by atoms with van der Waals surface area (Å²) in [4.78, 5) is 11.8. The number of alkyl halides is 1. The molecule has 4 nitrogen and oxygen atoms in total. The number of halogens is 1. The first-order chi connectivity index (χ1) is 14.2. The van der Waals surface area contributed by atoms with Crippen LogP contribution in [0.15, 0.2) is 0 Å². The standard InChI is InChI=1S/C24H47BrO4/c1-3-5-7-9-11-15-20-28-24(29-21-16-12-10-8-6-4-2)18-22-27-23(26)17-13-14-19-25/h24H,3-22H2,1-2H3. The predicted octanol–water partition coefficient (Wildman–Crippen LogP) is 7.57. The number of carbonyl (C=O) groups is 1. The molecule has 0 N–H and O–H groups in total. The third-order valence-corrected chi connectivity index (χ3v) is 5.55. The van der Waals surface area contributed by atoms with Gasteiger partial charge in [-0.05, 0) is 25.7 Å². The number of hydrogen-bond donors (Lipinski definition) is 0. The lowest BCUT2D eigenvalue weighted by Gasteiger charge is -2.19. The Morgan fingerprint density at radius 3 is 1.72 bits per heavy atom. The van der Waals surface area contributed by atoms with E-state index in [0.717, 1.165) is 44.2 Å². The van der Waals surface area contributed by atoms with E-state index in [1.165, 1.54) is 64.2 Å². The monoisotopic (exact) mass is 478 g/mol. The van der Waals surface area contributed by atoms with E-state index in [1.54, 1.807) is 0 Å². The lowest BCUT2D eigenvalue weighted by atomic mass is 10.1. The molecule has 0 saturated carbocycles. The van der Waals surface area contributed by atoms with Gasteiger partial charge in [-0.25, -0.2) is 0 Å². The van der Waals surface area contributed by atoms with Crippen molar-refractivity contribution >= 4 is 21.9 Å². The van der Waals surface area contributed by atoms with Gasteiger partial charge < -0.3 is 14.2 Å². The highest BCUT2D eigenvalue weighted by molar-refractivity contribution is 9.09. The van der Waals surface area contributed by atoms with E-state index < -0.39 is 0 Å². The normalized spacial score (nSPS) is 11.3. The highest BCUT2D eigenvalue weighted by Crippen LogP contribution is 2.10. The molecule has 0 aromatic carbocycles. The van der Waals surface area contributed by atoms with Crippen molar-refractivity contribution in [1.82, 2.24) is 0 Å². The molecule has 0 aliphatic heterocycles. The van der Waals surface area contributed by atoms with Crippen molar-refractivity contribution in [2.75, 3.05) is 25.2 Å². The van der Waals surface area contributed by atoms with Crippen LogP contribution in [0.2, 0.25) is 0 Å². The van der Waals surface area contributed by atoms with Gasteiger partial charge in [-0.1, -0.05) is 94.0 Å². The van der Waals surface area contributed by atoms with Crippen LogP contribution in [0, 0.1) is 0 Å². The molecule has 29 heavy (non-hydrogen) atoms. The van der Waals surface area contributed by atoms with Gasteiger partial charge in [0.15, 0.2) is 6.29 Å². The second kappa shape index (κ2) is 24.1. The summed E-state index contributed by atoms with van der Waals surface area (Å²) in [6.07, 6.45) is 17.7. The van der Waals surface area contributed by atoms with E-state index >= 15 is 0 Å². The summed E-state index contributed by atoms with van der Waals surface area (Å²) in [6, 6.07) is 0. The van der Waals surface area contributed by atoms with E-state index in [4.69, 9.17) is 14.2 Å². The molecular formula is C24H47BrO4. The lowest BCUT2D eigenvalue weighted by molar-refractivity contribution is -0.161. The van der Waals surface area contributed by atoms with Gasteiger partial charge in [0.2, 0.25) is 0 Å². The molecule has 0 aromatic rings. The molecule has 174 valence electrons. The van der Waals surface area contributed by atoms with Crippen molar-refractivity contribution in [2.45, 2.75) is 123 Å². The maximum Gasteiger partial charge on any atom is 0.305 e. The van der Waals surface area contributed by atoms with Gasteiger partial charge in [-0.3, -0.25) is 4.79 Å². The molecule has 0 rings (SSSR count). The highest BCUT2D eigenvalue weighted by Gasteiger charge is 2.11. The first-order valence-corrected chi connectivity index (χ1v) is 13.3. The van der Waals surface area contributed by atoms with E-state index in [0.29, 0.717) is 19.4 Å². The summed E-state index contributed by atoms with van der Waals surface area (Å²) >= 11 is 3.38. The minimum atomic E-state index is -0.253. The average molecular weight is 480 g/mol. The summed E-state index contributed by atoms with van der Waals surface area (Å²) in [5.41, 5.74) is 0. The molecule has 0 bridgehead atoms. The Morgan fingerprint density at radius 2 is 1.21 bits per heavy atom. The number of carbonyl (C=O) groups excluding carboxylic acids is 1. The second-order valence-electron chi connectivity index (χ2n) is 7.86. The molecule has 0 spiro atoms. The quantitative estimate of drug-likeness (QED) is 0.0656. The molecule has 0 aliphatic carbocycles. The van der Waals surface area contributed by atoms with Crippen LogP contribution in [0.1, 0.15) is 117 Å². The predicted molar refractivity (Wildman–Crippen MR) is 126 cm³/mol. The fourth-order valence-corrected chi connectivity index (χ4v) is 3.51. The van der Waals surface area contributed by atoms with Gasteiger partial charge in [-0.15, -0.1) is 0 Å². The van der Waals surface area contributed by atoms with Crippen LogP contribution in [0.4, 0.5) is 0 Å². The van der Waals surface area contributed by atoms with Crippen molar-refractivity contribution in [1.29, 1.82) is 0 Å². The molecule has 0 amide bonds. The van der Waals surface area contributed by atoms with Gasteiger partial charge >= 0.3 is 5.97 Å². The maximum absolute atomic E-state index is 11.8. The second-order valence-corrected chi connectivity index (χ2v) is 8.65. The molecule has 0 aromatic heterocycles. The van der Waals surface area contributed by atoms with E-state index in [2.05, 4.69) is 29.8 Å². The van der Waals surface area contributed by atoms with Crippen molar-refractivity contribution in [3.05, 3.63) is 0 Å². The Kier molecular flexibility index (Phi) is 24.0. The van der Waals surface area contributed by atoms with Crippen LogP contribution in [0.3, 0.4) is 0 Å². The fraction of sp³-hybridized carbons (Fsp3) is 0.958. The van der Waals surface area contributed by atoms with E-state index in [9.17, 15) is 4.79 Å². The van der Waals surface area contributed by atoms with Crippen LogP contribution in [-0.2, 0) is 19.0 Å². The largest absolute Gasteiger partial charge is 0.465 e. The zero-order chi connectivity index (χ0) is 21.4. The van der Waals surface area contributed by atoms with E-state index in [-0.39, 0.29) is 12.3 Å². The summed E-state index contributed by atoms with van der Waals surface area (Å²) < 4.78 is 17.3. The van der Waals surface area contributed by atoms with Gasteiger partial charge in [0.05, 0.1) is 6.61 Å². The average Bonchev–Trinajstić information content (AvgIpc) is 2.72. The van der Waals surface area contributed by atoms with Crippen molar-refractivity contribution in [3.63, 3.8) is 0 Å². The number of hydrogen-bond acceptors (Lipinski definition) is 4. The van der Waals surface area contributed by atoms with Crippen molar-refractivity contribution in [2.24, 2.45) is 0 Å². The number of ether oxygens (including phenoxy) is 3. The van der Waals surface area contributed by atoms with Crippen molar-refractivity contribution < 1.29 is 19.0 Å². The Labute approximate surface area is 189 Å². The molecule has 0 heterocycles. The topological polar surface area (TPSA) is 44.8 Å². The zero-order valence-electron chi connectivity index (χ0n) is 19.2. The lowest BCUT2D eigenvalue weighted by Crippen LogP contribution is -2.22. The van der Waals surface area contributed by atoms with E-state index in [1.807, 2.05) is 0 Å². The molecule has 0 radical (unpaired) electrons. The smallest absolute Gasteiger partial charge is 0.305 e. The van der Waals surface area contributed by atoms with Crippen LogP contribution < -0.4 is 0 Å². The van der Waals surface area contributed by atoms with Gasteiger partial charge in [0.1, 0.15) is 0 Å². The van der Waals surface area contributed by atoms with Gasteiger partial charge in [0.25, 0.3) is 0 Å². The Balaban J connectivity index is 3.95. The van der Waals surface area contributed by atoms with Gasteiger partial charge in [0, 0.05) is 31.4 Å². The van der Waals surface area contributed by atoms with Crippen LogP contribution in [0.5, 0.6) is 0 Å². The molecule has 0 fully saturated rings. The molecule has 0 unspecified atom stereocenters. The third kappa shape index (κ3) is 22.4. The van der Waals surface area contributed by atoms with Crippen molar-refractivity contribution in [3.8, 4) is 0 Å². The molecule has 0 aliphatic rings.